The molecular weight excluding hydrogens is 251 g/mol. The highest BCUT2D eigenvalue weighted by atomic mass is 19.4. The lowest BCUT2D eigenvalue weighted by Gasteiger charge is -2.10. The van der Waals surface area contributed by atoms with Crippen LogP contribution in [0.2, 0.25) is 0 Å². The van der Waals surface area contributed by atoms with E-state index in [1.807, 2.05) is 13.8 Å². The van der Waals surface area contributed by atoms with Crippen LogP contribution in [0.15, 0.2) is 12.1 Å². The highest BCUT2D eigenvalue weighted by Crippen LogP contribution is 2.30. The molecule has 0 aliphatic carbocycles. The Morgan fingerprint density at radius 1 is 1.22 bits per heavy atom. The Morgan fingerprint density at radius 3 is 2.11 bits per heavy atom. The second kappa shape index (κ2) is 6.23. The SMILES string of the molecule is CC.Cc1cc(OC(F)(F)F)cc([N+](=O)[O-])c1C. The third kappa shape index (κ3) is 4.60. The van der Waals surface area contributed by atoms with E-state index in [1.165, 1.54) is 13.8 Å². The van der Waals surface area contributed by atoms with Gasteiger partial charge in [0.2, 0.25) is 0 Å². The summed E-state index contributed by atoms with van der Waals surface area (Å²) in [7, 11) is 0. The molecule has 0 saturated carbocycles. The number of ether oxygens (including phenoxy) is 1. The zero-order chi connectivity index (χ0) is 14.5. The Hall–Kier alpha value is -1.79. The number of benzene rings is 1. The Bertz CT molecular complexity index is 430. The summed E-state index contributed by atoms with van der Waals surface area (Å²) in [6.45, 7) is 6.94. The fraction of sp³-hybridized carbons (Fsp3) is 0.455. The van der Waals surface area contributed by atoms with Crippen molar-refractivity contribution in [1.82, 2.24) is 0 Å². The van der Waals surface area contributed by atoms with Gasteiger partial charge in [-0.1, -0.05) is 13.8 Å². The molecule has 18 heavy (non-hydrogen) atoms. The summed E-state index contributed by atoms with van der Waals surface area (Å²) in [5.41, 5.74) is 0.298. The van der Waals surface area contributed by atoms with Gasteiger partial charge in [0.1, 0.15) is 5.75 Å². The molecule has 0 N–H and O–H groups in total. The summed E-state index contributed by atoms with van der Waals surface area (Å²) >= 11 is 0. The first-order valence-corrected chi connectivity index (χ1v) is 5.22. The van der Waals surface area contributed by atoms with Crippen molar-refractivity contribution in [2.45, 2.75) is 34.1 Å². The molecular formula is C11H14F3NO3. The Labute approximate surface area is 103 Å². The molecule has 0 aliphatic heterocycles. The maximum atomic E-state index is 11.9. The van der Waals surface area contributed by atoms with Gasteiger partial charge in [0.05, 0.1) is 11.0 Å². The van der Waals surface area contributed by atoms with E-state index in [0.717, 1.165) is 12.1 Å². The molecule has 4 nitrogen and oxygen atoms in total. The van der Waals surface area contributed by atoms with Gasteiger partial charge in [-0.15, -0.1) is 13.2 Å². The third-order valence-electron chi connectivity index (χ3n) is 2.04. The van der Waals surface area contributed by atoms with Crippen LogP contribution in [0.1, 0.15) is 25.0 Å². The van der Waals surface area contributed by atoms with Gasteiger partial charge in [-0.2, -0.15) is 0 Å². The van der Waals surface area contributed by atoms with Crippen LogP contribution in [0.25, 0.3) is 0 Å². The van der Waals surface area contributed by atoms with E-state index < -0.39 is 17.0 Å². The number of rotatable bonds is 2. The van der Waals surface area contributed by atoms with Crippen LogP contribution in [0.3, 0.4) is 0 Å². The van der Waals surface area contributed by atoms with E-state index in [1.54, 1.807) is 0 Å². The van der Waals surface area contributed by atoms with Gasteiger partial charge in [0, 0.05) is 5.56 Å². The van der Waals surface area contributed by atoms with Crippen molar-refractivity contribution in [3.63, 3.8) is 0 Å². The quantitative estimate of drug-likeness (QED) is 0.596. The molecule has 0 saturated heterocycles. The summed E-state index contributed by atoms with van der Waals surface area (Å²) in [6, 6.07) is 1.87. The molecule has 102 valence electrons. The van der Waals surface area contributed by atoms with Crippen LogP contribution >= 0.6 is 0 Å². The lowest BCUT2D eigenvalue weighted by molar-refractivity contribution is -0.385. The number of nitro benzene ring substituents is 1. The Morgan fingerprint density at radius 2 is 1.72 bits per heavy atom. The number of halogens is 3. The first-order valence-electron chi connectivity index (χ1n) is 5.22. The first kappa shape index (κ1) is 16.2. The van der Waals surface area contributed by atoms with E-state index in [4.69, 9.17) is 0 Å². The van der Waals surface area contributed by atoms with E-state index in [-0.39, 0.29) is 5.69 Å². The predicted molar refractivity (Wildman–Crippen MR) is 60.6 cm³/mol. The molecule has 0 atom stereocenters. The maximum absolute atomic E-state index is 11.9. The number of hydrogen-bond acceptors (Lipinski definition) is 3. The molecule has 0 unspecified atom stereocenters. The second-order valence-electron chi connectivity index (χ2n) is 3.19. The smallest absolute Gasteiger partial charge is 0.406 e. The van der Waals surface area contributed by atoms with Gasteiger partial charge >= 0.3 is 6.36 Å². The van der Waals surface area contributed by atoms with Gasteiger partial charge in [0.15, 0.2) is 0 Å². The fourth-order valence-corrected chi connectivity index (χ4v) is 1.19. The summed E-state index contributed by atoms with van der Waals surface area (Å²) in [5.74, 6) is -0.581. The summed E-state index contributed by atoms with van der Waals surface area (Å²) in [5, 5.41) is 10.6. The predicted octanol–water partition coefficient (Wildman–Crippen LogP) is 4.14. The van der Waals surface area contributed by atoms with Crippen LogP contribution in [-0.4, -0.2) is 11.3 Å². The number of alkyl halides is 3. The van der Waals surface area contributed by atoms with Gasteiger partial charge in [-0.25, -0.2) is 0 Å². The van der Waals surface area contributed by atoms with E-state index >= 15 is 0 Å². The minimum Gasteiger partial charge on any atom is -0.406 e. The molecule has 0 spiro atoms. The van der Waals surface area contributed by atoms with E-state index in [9.17, 15) is 23.3 Å². The van der Waals surface area contributed by atoms with E-state index in [0.29, 0.717) is 11.1 Å². The molecule has 1 aromatic carbocycles. The van der Waals surface area contributed by atoms with Crippen molar-refractivity contribution >= 4 is 5.69 Å². The largest absolute Gasteiger partial charge is 0.573 e. The highest BCUT2D eigenvalue weighted by Gasteiger charge is 2.32. The number of hydrogen-bond donors (Lipinski definition) is 0. The molecule has 1 rings (SSSR count). The summed E-state index contributed by atoms with van der Waals surface area (Å²) in [4.78, 5) is 9.82. The van der Waals surface area contributed by atoms with Crippen molar-refractivity contribution in [2.24, 2.45) is 0 Å². The molecule has 1 aromatic rings. The van der Waals surface area contributed by atoms with Crippen molar-refractivity contribution in [3.8, 4) is 5.75 Å². The average molecular weight is 265 g/mol. The Kier molecular flexibility index (Phi) is 5.61. The molecule has 7 heteroatoms. The van der Waals surface area contributed by atoms with Crippen molar-refractivity contribution < 1.29 is 22.8 Å². The van der Waals surface area contributed by atoms with Crippen LogP contribution in [0, 0.1) is 24.0 Å². The molecule has 0 radical (unpaired) electrons. The lowest BCUT2D eigenvalue weighted by Crippen LogP contribution is -2.17. The Balaban J connectivity index is 0.00000137. The van der Waals surface area contributed by atoms with Crippen molar-refractivity contribution in [2.75, 3.05) is 0 Å². The van der Waals surface area contributed by atoms with Gasteiger partial charge < -0.3 is 4.74 Å². The number of nitrogens with zero attached hydrogens (tertiary/aromatic N) is 1. The zero-order valence-corrected chi connectivity index (χ0v) is 10.5. The molecule has 0 fully saturated rings. The number of nitro groups is 1. The highest BCUT2D eigenvalue weighted by molar-refractivity contribution is 5.49. The second-order valence-corrected chi connectivity index (χ2v) is 3.19. The average Bonchev–Trinajstić information content (AvgIpc) is 2.23. The van der Waals surface area contributed by atoms with Crippen molar-refractivity contribution in [1.29, 1.82) is 0 Å². The summed E-state index contributed by atoms with van der Waals surface area (Å²) < 4.78 is 39.4. The molecule has 0 aliphatic rings. The molecule has 0 aromatic heterocycles. The minimum absolute atomic E-state index is 0.319. The van der Waals surface area contributed by atoms with Crippen LogP contribution < -0.4 is 4.74 Å². The van der Waals surface area contributed by atoms with Crippen LogP contribution in [0.5, 0.6) is 5.75 Å². The topological polar surface area (TPSA) is 52.4 Å². The lowest BCUT2D eigenvalue weighted by atomic mass is 10.1. The maximum Gasteiger partial charge on any atom is 0.573 e. The molecule has 0 heterocycles. The number of aryl methyl sites for hydroxylation is 1. The van der Waals surface area contributed by atoms with Crippen LogP contribution in [0.4, 0.5) is 18.9 Å². The molecule has 0 amide bonds. The molecule has 0 bridgehead atoms. The first-order chi connectivity index (χ1) is 8.20. The van der Waals surface area contributed by atoms with Gasteiger partial charge in [0.25, 0.3) is 5.69 Å². The van der Waals surface area contributed by atoms with E-state index in [2.05, 4.69) is 4.74 Å². The van der Waals surface area contributed by atoms with Crippen molar-refractivity contribution in [3.05, 3.63) is 33.4 Å². The normalized spacial score (nSPS) is 10.4. The summed E-state index contributed by atoms with van der Waals surface area (Å²) in [6.07, 6.45) is -4.85. The fourth-order valence-electron chi connectivity index (χ4n) is 1.19. The zero-order valence-electron chi connectivity index (χ0n) is 10.5. The van der Waals surface area contributed by atoms with Crippen LogP contribution in [-0.2, 0) is 0 Å². The van der Waals surface area contributed by atoms with Gasteiger partial charge in [-0.3, -0.25) is 10.1 Å². The minimum atomic E-state index is -4.85. The monoisotopic (exact) mass is 265 g/mol. The third-order valence-corrected chi connectivity index (χ3v) is 2.04. The standard InChI is InChI=1S/C9H8F3NO3.C2H6/c1-5-3-7(16-9(10,11)12)4-8(6(5)2)13(14)15;1-2/h3-4H,1-2H3;1-2H3. The van der Waals surface area contributed by atoms with Gasteiger partial charge in [-0.05, 0) is 25.5 Å².